The van der Waals surface area contributed by atoms with Crippen LogP contribution in [0.1, 0.15) is 21.6 Å². The number of aryl methyl sites for hydroxylation is 4. The molecule has 2 heterocycles. The monoisotopic (exact) mass is 341 g/mol. The van der Waals surface area contributed by atoms with Gasteiger partial charge in [0, 0.05) is 10.6 Å². The minimum Gasteiger partial charge on any atom is -0.467 e. The van der Waals surface area contributed by atoms with Crippen LogP contribution in [0.2, 0.25) is 0 Å². The minimum atomic E-state index is -0.208. The van der Waals surface area contributed by atoms with Gasteiger partial charge in [-0.1, -0.05) is 12.1 Å². The fraction of sp³-hybridized carbons (Fsp3) is 0.278. The summed E-state index contributed by atoms with van der Waals surface area (Å²) in [6.45, 7) is 7.92. The average molecular weight is 341 g/mol. The highest BCUT2D eigenvalue weighted by molar-refractivity contribution is 7.18. The number of fused-ring (bicyclic) bond motifs is 1. The molecule has 3 aromatic rings. The third kappa shape index (κ3) is 3.23. The molecule has 0 unspecified atom stereocenters. The van der Waals surface area contributed by atoms with E-state index in [4.69, 9.17) is 4.74 Å². The fourth-order valence-corrected chi connectivity index (χ4v) is 3.44. The molecule has 2 aromatic heterocycles. The Kier molecular flexibility index (Phi) is 4.49. The van der Waals surface area contributed by atoms with E-state index in [1.54, 1.807) is 11.3 Å². The molecule has 0 aliphatic rings. The molecule has 5 nitrogen and oxygen atoms in total. The Morgan fingerprint density at radius 1 is 1.21 bits per heavy atom. The highest BCUT2D eigenvalue weighted by atomic mass is 32.1. The van der Waals surface area contributed by atoms with Gasteiger partial charge in [-0.3, -0.25) is 4.79 Å². The Morgan fingerprint density at radius 3 is 2.79 bits per heavy atom. The standard InChI is InChI=1S/C18H19N3O2S/c1-10-5-6-11(2)14(7-10)21-15(22)8-23-17-16-12(3)13(4)24-18(16)20-9-19-17/h5-7,9H,8H2,1-4H3,(H,21,22). The van der Waals surface area contributed by atoms with Crippen molar-refractivity contribution in [1.82, 2.24) is 9.97 Å². The van der Waals surface area contributed by atoms with Gasteiger partial charge >= 0.3 is 0 Å². The van der Waals surface area contributed by atoms with E-state index in [1.807, 2.05) is 45.9 Å². The molecule has 0 aliphatic heterocycles. The first-order valence-corrected chi connectivity index (χ1v) is 8.48. The molecule has 0 aliphatic carbocycles. The molecule has 0 fully saturated rings. The SMILES string of the molecule is Cc1ccc(C)c(NC(=O)COc2ncnc3sc(C)c(C)c23)c1. The Morgan fingerprint density at radius 2 is 2.00 bits per heavy atom. The van der Waals surface area contributed by atoms with Crippen LogP contribution < -0.4 is 10.1 Å². The van der Waals surface area contributed by atoms with Crippen LogP contribution in [0.3, 0.4) is 0 Å². The fourth-order valence-electron chi connectivity index (χ4n) is 2.45. The second kappa shape index (κ2) is 6.57. The molecule has 24 heavy (non-hydrogen) atoms. The van der Waals surface area contributed by atoms with Crippen LogP contribution in [0, 0.1) is 27.7 Å². The summed E-state index contributed by atoms with van der Waals surface area (Å²) in [6, 6.07) is 5.94. The van der Waals surface area contributed by atoms with Crippen molar-refractivity contribution >= 4 is 33.1 Å². The first-order chi connectivity index (χ1) is 11.5. The molecule has 1 aromatic carbocycles. The average Bonchev–Trinajstić information content (AvgIpc) is 2.84. The molecule has 0 spiro atoms. The predicted molar refractivity (Wildman–Crippen MR) is 96.9 cm³/mol. The number of amides is 1. The zero-order valence-corrected chi connectivity index (χ0v) is 15.0. The van der Waals surface area contributed by atoms with Gasteiger partial charge in [-0.15, -0.1) is 11.3 Å². The summed E-state index contributed by atoms with van der Waals surface area (Å²) in [5.74, 6) is 0.248. The Labute approximate surface area is 144 Å². The highest BCUT2D eigenvalue weighted by Crippen LogP contribution is 2.33. The zero-order valence-electron chi connectivity index (χ0n) is 14.1. The summed E-state index contributed by atoms with van der Waals surface area (Å²) in [4.78, 5) is 22.7. The number of hydrogen-bond donors (Lipinski definition) is 1. The van der Waals surface area contributed by atoms with Crippen molar-refractivity contribution in [2.24, 2.45) is 0 Å². The van der Waals surface area contributed by atoms with Crippen LogP contribution in [0.5, 0.6) is 5.88 Å². The van der Waals surface area contributed by atoms with Gasteiger partial charge in [0.15, 0.2) is 6.61 Å². The van der Waals surface area contributed by atoms with Gasteiger partial charge in [0.05, 0.1) is 5.39 Å². The highest BCUT2D eigenvalue weighted by Gasteiger charge is 2.14. The molecule has 1 amide bonds. The van der Waals surface area contributed by atoms with Gasteiger partial charge in [-0.2, -0.15) is 0 Å². The number of nitrogens with one attached hydrogen (secondary N) is 1. The summed E-state index contributed by atoms with van der Waals surface area (Å²) in [6.07, 6.45) is 1.47. The van der Waals surface area contributed by atoms with Gasteiger partial charge < -0.3 is 10.1 Å². The summed E-state index contributed by atoms with van der Waals surface area (Å²) < 4.78 is 5.66. The maximum absolute atomic E-state index is 12.2. The van der Waals surface area contributed by atoms with Crippen LogP contribution in [-0.2, 0) is 4.79 Å². The van der Waals surface area contributed by atoms with E-state index in [9.17, 15) is 4.79 Å². The molecule has 0 saturated carbocycles. The second-order valence-electron chi connectivity index (χ2n) is 5.80. The lowest BCUT2D eigenvalue weighted by Crippen LogP contribution is -2.21. The maximum atomic E-state index is 12.2. The summed E-state index contributed by atoms with van der Waals surface area (Å²) in [5.41, 5.74) is 4.01. The normalized spacial score (nSPS) is 10.8. The lowest BCUT2D eigenvalue weighted by molar-refractivity contribution is -0.118. The first-order valence-electron chi connectivity index (χ1n) is 7.66. The Bertz CT molecular complexity index is 918. The third-order valence-corrected chi connectivity index (χ3v) is 5.05. The van der Waals surface area contributed by atoms with Crippen LogP contribution in [0.25, 0.3) is 10.2 Å². The lowest BCUT2D eigenvalue weighted by Gasteiger charge is -2.10. The molecular weight excluding hydrogens is 322 g/mol. The number of hydrogen-bond acceptors (Lipinski definition) is 5. The Hall–Kier alpha value is -2.47. The molecule has 3 rings (SSSR count). The number of aromatic nitrogens is 2. The number of carbonyl (C=O) groups excluding carboxylic acids is 1. The van der Waals surface area contributed by atoms with Crippen LogP contribution >= 0.6 is 11.3 Å². The van der Waals surface area contributed by atoms with Crippen molar-refractivity contribution in [3.05, 3.63) is 46.1 Å². The molecule has 6 heteroatoms. The molecule has 0 saturated heterocycles. The van der Waals surface area contributed by atoms with Crippen molar-refractivity contribution in [3.63, 3.8) is 0 Å². The van der Waals surface area contributed by atoms with E-state index < -0.39 is 0 Å². The smallest absolute Gasteiger partial charge is 0.262 e. The molecule has 124 valence electrons. The van der Waals surface area contributed by atoms with Crippen LogP contribution in [-0.4, -0.2) is 22.5 Å². The molecular formula is C18H19N3O2S. The first kappa shape index (κ1) is 16.4. The largest absolute Gasteiger partial charge is 0.467 e. The molecule has 0 radical (unpaired) electrons. The number of anilines is 1. The summed E-state index contributed by atoms with van der Waals surface area (Å²) in [5, 5.41) is 3.77. The van der Waals surface area contributed by atoms with Crippen molar-refractivity contribution in [1.29, 1.82) is 0 Å². The van der Waals surface area contributed by atoms with Crippen LogP contribution in [0.15, 0.2) is 24.5 Å². The van der Waals surface area contributed by atoms with Gasteiger partial charge in [-0.25, -0.2) is 9.97 Å². The number of benzene rings is 1. The Balaban J connectivity index is 1.74. The quantitative estimate of drug-likeness (QED) is 0.780. The molecule has 1 N–H and O–H groups in total. The number of nitrogens with zero attached hydrogens (tertiary/aromatic N) is 2. The molecule has 0 atom stereocenters. The van der Waals surface area contributed by atoms with Crippen molar-refractivity contribution in [2.75, 3.05) is 11.9 Å². The van der Waals surface area contributed by atoms with Crippen molar-refractivity contribution in [3.8, 4) is 5.88 Å². The topological polar surface area (TPSA) is 64.1 Å². The van der Waals surface area contributed by atoms with Gasteiger partial charge in [0.1, 0.15) is 11.2 Å². The van der Waals surface area contributed by atoms with E-state index in [0.29, 0.717) is 5.88 Å². The van der Waals surface area contributed by atoms with Crippen LogP contribution in [0.4, 0.5) is 5.69 Å². The summed E-state index contributed by atoms with van der Waals surface area (Å²) in [7, 11) is 0. The maximum Gasteiger partial charge on any atom is 0.262 e. The number of carbonyl (C=O) groups is 1. The zero-order chi connectivity index (χ0) is 17.3. The predicted octanol–water partition coefficient (Wildman–Crippen LogP) is 3.94. The van der Waals surface area contributed by atoms with Gasteiger partial charge in [0.2, 0.25) is 5.88 Å². The lowest BCUT2D eigenvalue weighted by atomic mass is 10.1. The van der Waals surface area contributed by atoms with E-state index in [-0.39, 0.29) is 12.5 Å². The van der Waals surface area contributed by atoms with Crippen molar-refractivity contribution < 1.29 is 9.53 Å². The number of ether oxygens (including phenoxy) is 1. The van der Waals surface area contributed by atoms with Gasteiger partial charge in [0.25, 0.3) is 5.91 Å². The van der Waals surface area contributed by atoms with Gasteiger partial charge in [-0.05, 0) is 50.5 Å². The van der Waals surface area contributed by atoms with E-state index in [0.717, 1.165) is 32.6 Å². The number of thiophene rings is 1. The second-order valence-corrected chi connectivity index (χ2v) is 7.00. The molecule has 0 bridgehead atoms. The van der Waals surface area contributed by atoms with E-state index in [2.05, 4.69) is 15.3 Å². The number of rotatable bonds is 4. The summed E-state index contributed by atoms with van der Waals surface area (Å²) >= 11 is 1.60. The van der Waals surface area contributed by atoms with Crippen molar-refractivity contribution in [2.45, 2.75) is 27.7 Å². The third-order valence-electron chi connectivity index (χ3n) is 3.94. The minimum absolute atomic E-state index is 0.0895. The van der Waals surface area contributed by atoms with E-state index >= 15 is 0 Å². The van der Waals surface area contributed by atoms with E-state index in [1.165, 1.54) is 11.2 Å².